The van der Waals surface area contributed by atoms with Crippen LogP contribution in [0.5, 0.6) is 0 Å². The molecule has 0 N–H and O–H groups in total. The van der Waals surface area contributed by atoms with Crippen LogP contribution in [0, 0.1) is 0 Å². The molecule has 0 aliphatic rings. The van der Waals surface area contributed by atoms with E-state index in [0.29, 0.717) is 10.8 Å². The van der Waals surface area contributed by atoms with E-state index in [1.807, 2.05) is 6.55 Å². The lowest BCUT2D eigenvalue weighted by atomic mass is 10.2. The predicted molar refractivity (Wildman–Crippen MR) is 65.2 cm³/mol. The Morgan fingerprint density at radius 3 is 2.47 bits per heavy atom. The van der Waals surface area contributed by atoms with Gasteiger partial charge in [-0.25, -0.2) is 0 Å². The number of nitrogens with zero attached hydrogens (tertiary/aromatic N) is 3. The Hall–Kier alpha value is -1.66. The zero-order valence-electron chi connectivity index (χ0n) is 9.88. The summed E-state index contributed by atoms with van der Waals surface area (Å²) in [4.78, 5) is 14.1. The Kier molecular flexibility index (Phi) is 4.42. The molecule has 0 aliphatic heterocycles. The van der Waals surface area contributed by atoms with Gasteiger partial charge >= 0.3 is 8.56 Å². The van der Waals surface area contributed by atoms with E-state index in [1.165, 1.54) is 14.2 Å². The number of azide groups is 1. The molecule has 0 fully saturated rings. The highest BCUT2D eigenvalue weighted by Crippen LogP contribution is 2.10. The molecule has 0 unspecified atom stereocenters. The summed E-state index contributed by atoms with van der Waals surface area (Å²) < 4.78 is 10.7. The molecule has 0 heterocycles. The van der Waals surface area contributed by atoms with Crippen LogP contribution in [0.2, 0.25) is 6.55 Å². The summed E-state index contributed by atoms with van der Waals surface area (Å²) in [6.07, 6.45) is 0. The summed E-state index contributed by atoms with van der Waals surface area (Å²) in [7, 11) is 0.451. The van der Waals surface area contributed by atoms with E-state index in [9.17, 15) is 4.79 Å². The van der Waals surface area contributed by atoms with Crippen molar-refractivity contribution in [1.82, 2.24) is 0 Å². The Bertz CT molecular complexity index is 468. The zero-order chi connectivity index (χ0) is 12.9. The first-order chi connectivity index (χ1) is 8.09. The summed E-state index contributed by atoms with van der Waals surface area (Å²) in [6.45, 7) is 1.81. The van der Waals surface area contributed by atoms with Gasteiger partial charge in [-0.3, -0.25) is 4.79 Å². The number of carbonyl (C=O) groups is 1. The van der Waals surface area contributed by atoms with Gasteiger partial charge in [-0.15, -0.1) is 0 Å². The van der Waals surface area contributed by atoms with Gasteiger partial charge in [-0.1, -0.05) is 24.3 Å². The van der Waals surface area contributed by atoms with Crippen molar-refractivity contribution in [2.24, 2.45) is 5.11 Å². The van der Waals surface area contributed by atoms with Gasteiger partial charge in [0.1, 0.15) is 0 Å². The van der Waals surface area contributed by atoms with Gasteiger partial charge in [0.2, 0.25) is 5.91 Å². The van der Waals surface area contributed by atoms with E-state index in [2.05, 4.69) is 10.0 Å². The zero-order valence-corrected chi connectivity index (χ0v) is 10.9. The van der Waals surface area contributed by atoms with E-state index in [0.717, 1.165) is 0 Å². The lowest BCUT2D eigenvalue weighted by molar-refractivity contribution is 0.100. The predicted octanol–water partition coefficient (Wildman–Crippen LogP) is 1.71. The molecule has 7 heteroatoms. The Balaban J connectivity index is 3.34. The summed E-state index contributed by atoms with van der Waals surface area (Å²) in [5, 5.41) is 3.75. The van der Waals surface area contributed by atoms with Crippen molar-refractivity contribution in [1.29, 1.82) is 0 Å². The van der Waals surface area contributed by atoms with Crippen molar-refractivity contribution in [3.05, 3.63) is 40.3 Å². The average Bonchev–Trinajstić information content (AvgIpc) is 2.38. The Morgan fingerprint density at radius 1 is 1.35 bits per heavy atom. The number of hydrogen-bond donors (Lipinski definition) is 0. The first-order valence-corrected chi connectivity index (χ1v) is 7.20. The fourth-order valence-corrected chi connectivity index (χ4v) is 3.15. The molecule has 17 heavy (non-hydrogen) atoms. The second-order valence-corrected chi connectivity index (χ2v) is 6.64. The standard InChI is InChI=1S/C10H13N3O3Si/c1-15-17(3,16-2)9-7-5-4-6-8(9)10(14)12-13-11/h4-7H,1-3H3. The fraction of sp³-hybridized carbons (Fsp3) is 0.300. The van der Waals surface area contributed by atoms with Gasteiger partial charge in [0.25, 0.3) is 0 Å². The number of amides is 1. The molecule has 1 aromatic rings. The highest BCUT2D eigenvalue weighted by Gasteiger charge is 2.35. The Labute approximate surface area is 100 Å². The van der Waals surface area contributed by atoms with Gasteiger partial charge in [-0.05, 0) is 17.2 Å². The van der Waals surface area contributed by atoms with Crippen LogP contribution in [0.15, 0.2) is 29.4 Å². The molecular weight excluding hydrogens is 238 g/mol. The summed E-state index contributed by atoms with van der Waals surface area (Å²) in [6, 6.07) is 6.82. The van der Waals surface area contributed by atoms with Crippen molar-refractivity contribution in [3.8, 4) is 0 Å². The fourth-order valence-electron chi connectivity index (χ4n) is 1.46. The number of hydrogen-bond acceptors (Lipinski definition) is 3. The summed E-state index contributed by atoms with van der Waals surface area (Å²) in [5.74, 6) is -0.629. The van der Waals surface area contributed by atoms with Gasteiger partial charge in [0, 0.05) is 29.9 Å². The maximum atomic E-state index is 11.6. The minimum Gasteiger partial charge on any atom is -0.394 e. The monoisotopic (exact) mass is 251 g/mol. The lowest BCUT2D eigenvalue weighted by Gasteiger charge is -2.24. The van der Waals surface area contributed by atoms with Crippen LogP contribution in [0.3, 0.4) is 0 Å². The topological polar surface area (TPSA) is 84.3 Å². The minimum atomic E-state index is -2.61. The molecule has 0 bridgehead atoms. The molecule has 0 radical (unpaired) electrons. The second-order valence-electron chi connectivity index (χ2n) is 3.39. The van der Waals surface area contributed by atoms with Crippen LogP contribution in [-0.2, 0) is 8.85 Å². The van der Waals surface area contributed by atoms with Crippen LogP contribution < -0.4 is 5.19 Å². The molecule has 1 amide bonds. The lowest BCUT2D eigenvalue weighted by Crippen LogP contribution is -2.51. The molecule has 0 atom stereocenters. The van der Waals surface area contributed by atoms with E-state index in [4.69, 9.17) is 14.4 Å². The third-order valence-electron chi connectivity index (χ3n) is 2.56. The summed E-state index contributed by atoms with van der Waals surface area (Å²) in [5.41, 5.74) is 8.61. The normalized spacial score (nSPS) is 10.8. The molecule has 6 nitrogen and oxygen atoms in total. The molecule has 90 valence electrons. The van der Waals surface area contributed by atoms with Crippen molar-refractivity contribution in [2.45, 2.75) is 6.55 Å². The highest BCUT2D eigenvalue weighted by molar-refractivity contribution is 6.80. The maximum Gasteiger partial charge on any atom is 0.369 e. The van der Waals surface area contributed by atoms with Crippen molar-refractivity contribution >= 4 is 19.7 Å². The van der Waals surface area contributed by atoms with Crippen LogP contribution in [0.4, 0.5) is 0 Å². The van der Waals surface area contributed by atoms with E-state index in [1.54, 1.807) is 24.3 Å². The molecule has 1 aromatic carbocycles. The van der Waals surface area contributed by atoms with Crippen molar-refractivity contribution < 1.29 is 13.6 Å². The van der Waals surface area contributed by atoms with E-state index < -0.39 is 14.5 Å². The largest absolute Gasteiger partial charge is 0.394 e. The number of benzene rings is 1. The van der Waals surface area contributed by atoms with Crippen molar-refractivity contribution in [2.75, 3.05) is 14.2 Å². The summed E-state index contributed by atoms with van der Waals surface area (Å²) >= 11 is 0. The average molecular weight is 251 g/mol. The number of rotatable bonds is 4. The molecule has 0 aliphatic carbocycles. The molecule has 0 saturated heterocycles. The van der Waals surface area contributed by atoms with Gasteiger partial charge in [-0.2, -0.15) is 0 Å². The first-order valence-electron chi connectivity index (χ1n) is 4.88. The van der Waals surface area contributed by atoms with E-state index >= 15 is 0 Å². The van der Waals surface area contributed by atoms with E-state index in [-0.39, 0.29) is 0 Å². The molecule has 0 aromatic heterocycles. The molecule has 1 rings (SSSR count). The number of carbonyl (C=O) groups excluding carboxylic acids is 1. The smallest absolute Gasteiger partial charge is 0.369 e. The van der Waals surface area contributed by atoms with Crippen LogP contribution in [0.1, 0.15) is 10.4 Å². The minimum absolute atomic E-state index is 0.322. The highest BCUT2D eigenvalue weighted by atomic mass is 28.4. The third-order valence-corrected chi connectivity index (χ3v) is 5.53. The first kappa shape index (κ1) is 13.4. The van der Waals surface area contributed by atoms with Gasteiger partial charge in [0.15, 0.2) is 0 Å². The third kappa shape index (κ3) is 2.72. The van der Waals surface area contributed by atoms with Crippen molar-refractivity contribution in [3.63, 3.8) is 0 Å². The quantitative estimate of drug-likeness (QED) is 0.353. The maximum absolute atomic E-state index is 11.6. The van der Waals surface area contributed by atoms with Crippen LogP contribution in [-0.4, -0.2) is 28.7 Å². The molecule has 0 spiro atoms. The molecular formula is C10H13N3O3Si. The Morgan fingerprint density at radius 2 is 1.94 bits per heavy atom. The van der Waals surface area contributed by atoms with Crippen LogP contribution >= 0.6 is 0 Å². The van der Waals surface area contributed by atoms with Crippen LogP contribution in [0.25, 0.3) is 10.4 Å². The van der Waals surface area contributed by atoms with Gasteiger partial charge < -0.3 is 8.85 Å². The second kappa shape index (κ2) is 5.60. The SMILES string of the molecule is CO[Si](C)(OC)c1ccccc1C(=O)N=[N+]=[N-]. The van der Waals surface area contributed by atoms with Gasteiger partial charge in [0.05, 0.1) is 0 Å². The molecule has 0 saturated carbocycles.